The number of sulfone groups is 1. The molecular weight excluding hydrogens is 222 g/mol. The van der Waals surface area contributed by atoms with Crippen LogP contribution >= 0.6 is 0 Å². The number of nitrogens with two attached hydrogens (primary N) is 1. The summed E-state index contributed by atoms with van der Waals surface area (Å²) in [5.41, 5.74) is 7.58. The van der Waals surface area contributed by atoms with E-state index in [-0.39, 0.29) is 17.7 Å². The quantitative estimate of drug-likeness (QED) is 0.850. The number of hydrogen-bond donors (Lipinski definition) is 1. The molecule has 0 radical (unpaired) electrons. The van der Waals surface area contributed by atoms with Crippen LogP contribution in [0.2, 0.25) is 0 Å². The van der Waals surface area contributed by atoms with E-state index in [0.717, 1.165) is 11.1 Å². The van der Waals surface area contributed by atoms with E-state index in [1.54, 1.807) is 0 Å². The molecule has 1 aromatic carbocycles. The molecule has 0 fully saturated rings. The smallest absolute Gasteiger partial charge is 0.179 e. The van der Waals surface area contributed by atoms with Crippen LogP contribution in [-0.2, 0) is 16.3 Å². The predicted octanol–water partition coefficient (Wildman–Crippen LogP) is 1.47. The molecule has 2 rings (SSSR count). The van der Waals surface area contributed by atoms with Crippen molar-refractivity contribution in [1.29, 1.82) is 0 Å². The lowest BCUT2D eigenvalue weighted by molar-refractivity contribution is 0.597. The van der Waals surface area contributed by atoms with E-state index < -0.39 is 9.84 Å². The van der Waals surface area contributed by atoms with Gasteiger partial charge >= 0.3 is 0 Å². The van der Waals surface area contributed by atoms with Crippen molar-refractivity contribution < 1.29 is 8.42 Å². The molecule has 0 spiro atoms. The summed E-state index contributed by atoms with van der Waals surface area (Å²) in [5, 5.41) is 0. The largest absolute Gasteiger partial charge is 0.328 e. The molecular formula is C12H17NO2S. The van der Waals surface area contributed by atoms with E-state index in [1.165, 1.54) is 0 Å². The molecule has 1 aliphatic heterocycles. The molecule has 1 heterocycles. The van der Waals surface area contributed by atoms with Gasteiger partial charge in [-0.25, -0.2) is 8.42 Å². The minimum Gasteiger partial charge on any atom is -0.328 e. The van der Waals surface area contributed by atoms with Gasteiger partial charge in [0, 0.05) is 6.04 Å². The van der Waals surface area contributed by atoms with Crippen LogP contribution in [-0.4, -0.2) is 20.2 Å². The Labute approximate surface area is 96.6 Å². The zero-order valence-corrected chi connectivity index (χ0v) is 10.4. The molecule has 0 aliphatic carbocycles. The van der Waals surface area contributed by atoms with Crippen LogP contribution in [0, 0.1) is 0 Å². The molecule has 0 aromatic heterocycles. The summed E-state index contributed by atoms with van der Waals surface area (Å²) >= 11 is 0. The predicted molar refractivity (Wildman–Crippen MR) is 64.3 cm³/mol. The number of fused-ring (bicyclic) bond motifs is 1. The Bertz CT molecular complexity index is 506. The van der Waals surface area contributed by atoms with Crippen LogP contribution in [0.1, 0.15) is 30.9 Å². The van der Waals surface area contributed by atoms with Crippen molar-refractivity contribution >= 4 is 9.84 Å². The van der Waals surface area contributed by atoms with Gasteiger partial charge in [-0.15, -0.1) is 0 Å². The molecule has 2 atom stereocenters. The first-order valence-electron chi connectivity index (χ1n) is 5.52. The van der Waals surface area contributed by atoms with Crippen molar-refractivity contribution in [2.75, 3.05) is 5.75 Å². The van der Waals surface area contributed by atoms with E-state index in [0.29, 0.717) is 11.3 Å². The summed E-state index contributed by atoms with van der Waals surface area (Å²) < 4.78 is 24.0. The lowest BCUT2D eigenvalue weighted by Gasteiger charge is -2.10. The van der Waals surface area contributed by atoms with Crippen molar-refractivity contribution in [3.05, 3.63) is 29.3 Å². The molecule has 16 heavy (non-hydrogen) atoms. The summed E-state index contributed by atoms with van der Waals surface area (Å²) in [6.07, 6.45) is 0.620. The van der Waals surface area contributed by atoms with Crippen molar-refractivity contribution in [2.45, 2.75) is 37.1 Å². The summed E-state index contributed by atoms with van der Waals surface area (Å²) in [4.78, 5) is 0.541. The molecule has 0 amide bonds. The Hall–Kier alpha value is -0.870. The van der Waals surface area contributed by atoms with Crippen LogP contribution in [0.3, 0.4) is 0 Å². The maximum absolute atomic E-state index is 12.0. The van der Waals surface area contributed by atoms with Gasteiger partial charge in [0.1, 0.15) is 0 Å². The minimum absolute atomic E-state index is 0.0161. The molecule has 2 N–H and O–H groups in total. The van der Waals surface area contributed by atoms with Gasteiger partial charge in [-0.1, -0.05) is 25.1 Å². The van der Waals surface area contributed by atoms with E-state index in [1.807, 2.05) is 32.0 Å². The van der Waals surface area contributed by atoms with Crippen molar-refractivity contribution in [1.82, 2.24) is 0 Å². The molecule has 88 valence electrons. The molecule has 2 unspecified atom stereocenters. The zero-order chi connectivity index (χ0) is 11.9. The second kappa shape index (κ2) is 3.86. The normalized spacial score (nSPS) is 24.1. The molecule has 1 aromatic rings. The van der Waals surface area contributed by atoms with E-state index in [2.05, 4.69) is 0 Å². The molecule has 4 heteroatoms. The van der Waals surface area contributed by atoms with Crippen LogP contribution in [0.5, 0.6) is 0 Å². The number of rotatable bonds is 2. The Morgan fingerprint density at radius 1 is 1.50 bits per heavy atom. The van der Waals surface area contributed by atoms with Crippen molar-refractivity contribution in [2.24, 2.45) is 5.73 Å². The average Bonchev–Trinajstić information content (AvgIpc) is 2.37. The first-order chi connectivity index (χ1) is 7.42. The van der Waals surface area contributed by atoms with Gasteiger partial charge in [0.25, 0.3) is 0 Å². The summed E-state index contributed by atoms with van der Waals surface area (Å²) in [6.45, 7) is 3.85. The zero-order valence-electron chi connectivity index (χ0n) is 9.60. The van der Waals surface area contributed by atoms with Gasteiger partial charge in [0.2, 0.25) is 0 Å². The third-order valence-corrected chi connectivity index (χ3v) is 5.04. The monoisotopic (exact) mass is 239 g/mol. The van der Waals surface area contributed by atoms with Crippen LogP contribution in [0.25, 0.3) is 0 Å². The van der Waals surface area contributed by atoms with Gasteiger partial charge in [-0.05, 0) is 30.4 Å². The summed E-state index contributed by atoms with van der Waals surface area (Å²) in [6, 6.07) is 5.69. The van der Waals surface area contributed by atoms with Crippen LogP contribution < -0.4 is 5.73 Å². The first kappa shape index (κ1) is 11.6. The molecule has 0 bridgehead atoms. The molecule has 1 aliphatic rings. The van der Waals surface area contributed by atoms with Crippen LogP contribution in [0.15, 0.2) is 23.1 Å². The standard InChI is InChI=1S/C12H17NO2S/c1-8-7-16(14,15)12-10(6-9(2)13)4-3-5-11(8)12/h3-5,8-9H,6-7,13H2,1-2H3. The fourth-order valence-electron chi connectivity index (χ4n) is 2.38. The number of hydrogen-bond acceptors (Lipinski definition) is 3. The molecule has 0 saturated carbocycles. The highest BCUT2D eigenvalue weighted by molar-refractivity contribution is 7.91. The van der Waals surface area contributed by atoms with Crippen molar-refractivity contribution in [3.8, 4) is 0 Å². The molecule has 3 nitrogen and oxygen atoms in total. The lowest BCUT2D eigenvalue weighted by atomic mass is 9.98. The van der Waals surface area contributed by atoms with E-state index in [4.69, 9.17) is 5.73 Å². The second-order valence-electron chi connectivity index (χ2n) is 4.70. The van der Waals surface area contributed by atoms with Gasteiger partial charge in [0.15, 0.2) is 9.84 Å². The van der Waals surface area contributed by atoms with Crippen LogP contribution in [0.4, 0.5) is 0 Å². The van der Waals surface area contributed by atoms with Crippen molar-refractivity contribution in [3.63, 3.8) is 0 Å². The minimum atomic E-state index is -3.09. The Balaban J connectivity index is 2.59. The average molecular weight is 239 g/mol. The fraction of sp³-hybridized carbons (Fsp3) is 0.500. The third-order valence-electron chi connectivity index (χ3n) is 2.98. The lowest BCUT2D eigenvalue weighted by Crippen LogP contribution is -2.19. The third kappa shape index (κ3) is 1.87. The van der Waals surface area contributed by atoms with E-state index >= 15 is 0 Å². The second-order valence-corrected chi connectivity index (χ2v) is 6.67. The van der Waals surface area contributed by atoms with E-state index in [9.17, 15) is 8.42 Å². The maximum Gasteiger partial charge on any atom is 0.179 e. The highest BCUT2D eigenvalue weighted by Gasteiger charge is 2.33. The fourth-order valence-corrected chi connectivity index (χ4v) is 4.57. The molecule has 0 saturated heterocycles. The van der Waals surface area contributed by atoms with Gasteiger partial charge in [0.05, 0.1) is 10.6 Å². The van der Waals surface area contributed by atoms with Gasteiger partial charge in [-0.2, -0.15) is 0 Å². The summed E-state index contributed by atoms with van der Waals surface area (Å²) in [7, 11) is -3.09. The Morgan fingerprint density at radius 2 is 2.19 bits per heavy atom. The van der Waals surface area contributed by atoms with Gasteiger partial charge < -0.3 is 5.73 Å². The maximum atomic E-state index is 12.0. The Kier molecular flexibility index (Phi) is 2.80. The topological polar surface area (TPSA) is 60.2 Å². The Morgan fingerprint density at radius 3 is 2.81 bits per heavy atom. The summed E-state index contributed by atoms with van der Waals surface area (Å²) in [5.74, 6) is 0.339. The highest BCUT2D eigenvalue weighted by Crippen LogP contribution is 2.37. The highest BCUT2D eigenvalue weighted by atomic mass is 32.2. The SMILES string of the molecule is CC(N)Cc1cccc2c1S(=O)(=O)CC2C. The number of benzene rings is 1. The van der Waals surface area contributed by atoms with Gasteiger partial charge in [-0.3, -0.25) is 0 Å². The first-order valence-corrected chi connectivity index (χ1v) is 7.17.